The molecule has 15 heavy (non-hydrogen) atoms. The van der Waals surface area contributed by atoms with Gasteiger partial charge in [-0.05, 0) is 38.9 Å². The fraction of sp³-hybridized carbons (Fsp3) is 0.538. The average molecular weight is 204 g/mol. The molecule has 2 unspecified atom stereocenters. The van der Waals surface area contributed by atoms with Crippen molar-refractivity contribution in [2.75, 3.05) is 13.6 Å². The number of piperidine rings is 1. The molecule has 0 amide bonds. The maximum absolute atomic E-state index is 3.59. The van der Waals surface area contributed by atoms with Gasteiger partial charge in [-0.1, -0.05) is 29.8 Å². The van der Waals surface area contributed by atoms with Gasteiger partial charge in [-0.25, -0.2) is 0 Å². The Kier molecular flexibility index (Phi) is 3.39. The van der Waals surface area contributed by atoms with Crippen LogP contribution in [0.3, 0.4) is 0 Å². The first-order valence-electron chi connectivity index (χ1n) is 5.77. The predicted molar refractivity (Wildman–Crippen MR) is 64.0 cm³/mol. The monoisotopic (exact) mass is 204 g/mol. The van der Waals surface area contributed by atoms with Gasteiger partial charge in [-0.2, -0.15) is 0 Å². The number of rotatable bonds is 2. The standard InChI is InChI=1S/C13H20N2/c1-10-4-3-5-11(8-10)13-9-12(14-2)6-7-15-13/h3-5,8,12-15H,6-7,9H2,1-2H3. The molecule has 0 aliphatic carbocycles. The van der Waals surface area contributed by atoms with Gasteiger partial charge in [0.15, 0.2) is 0 Å². The van der Waals surface area contributed by atoms with Crippen LogP contribution in [0.4, 0.5) is 0 Å². The second-order valence-electron chi connectivity index (χ2n) is 4.43. The number of hydrogen-bond acceptors (Lipinski definition) is 2. The Balaban J connectivity index is 2.09. The van der Waals surface area contributed by atoms with Gasteiger partial charge < -0.3 is 10.6 Å². The molecular formula is C13H20N2. The summed E-state index contributed by atoms with van der Waals surface area (Å²) in [7, 11) is 2.06. The molecule has 1 fully saturated rings. The van der Waals surface area contributed by atoms with Crippen molar-refractivity contribution < 1.29 is 0 Å². The maximum Gasteiger partial charge on any atom is 0.0335 e. The highest BCUT2D eigenvalue weighted by molar-refractivity contribution is 5.25. The van der Waals surface area contributed by atoms with E-state index in [1.54, 1.807) is 0 Å². The summed E-state index contributed by atoms with van der Waals surface area (Å²) in [6.07, 6.45) is 2.43. The molecule has 0 saturated carbocycles. The zero-order valence-corrected chi connectivity index (χ0v) is 9.59. The van der Waals surface area contributed by atoms with Crippen LogP contribution < -0.4 is 10.6 Å². The van der Waals surface area contributed by atoms with Crippen molar-refractivity contribution in [1.82, 2.24) is 10.6 Å². The molecule has 1 aromatic rings. The fourth-order valence-corrected chi connectivity index (χ4v) is 2.32. The molecular weight excluding hydrogens is 184 g/mol. The molecule has 82 valence electrons. The summed E-state index contributed by atoms with van der Waals surface area (Å²) < 4.78 is 0. The van der Waals surface area contributed by atoms with Crippen LogP contribution in [-0.2, 0) is 0 Å². The van der Waals surface area contributed by atoms with Crippen LogP contribution in [0, 0.1) is 6.92 Å². The van der Waals surface area contributed by atoms with Gasteiger partial charge in [0.1, 0.15) is 0 Å². The topological polar surface area (TPSA) is 24.1 Å². The highest BCUT2D eigenvalue weighted by atomic mass is 15.0. The molecule has 2 nitrogen and oxygen atoms in total. The third-order valence-corrected chi connectivity index (χ3v) is 3.26. The molecule has 2 atom stereocenters. The lowest BCUT2D eigenvalue weighted by atomic mass is 9.93. The minimum atomic E-state index is 0.524. The number of benzene rings is 1. The smallest absolute Gasteiger partial charge is 0.0335 e. The molecule has 1 heterocycles. The maximum atomic E-state index is 3.59. The molecule has 2 N–H and O–H groups in total. The van der Waals surface area contributed by atoms with Gasteiger partial charge in [-0.15, -0.1) is 0 Å². The van der Waals surface area contributed by atoms with Gasteiger partial charge >= 0.3 is 0 Å². The van der Waals surface area contributed by atoms with Gasteiger partial charge in [0.05, 0.1) is 0 Å². The van der Waals surface area contributed by atoms with Crippen molar-refractivity contribution >= 4 is 0 Å². The van der Waals surface area contributed by atoms with Crippen LogP contribution in [0.15, 0.2) is 24.3 Å². The van der Waals surface area contributed by atoms with E-state index in [-0.39, 0.29) is 0 Å². The van der Waals surface area contributed by atoms with E-state index in [4.69, 9.17) is 0 Å². The highest BCUT2D eigenvalue weighted by Crippen LogP contribution is 2.23. The van der Waals surface area contributed by atoms with Crippen LogP contribution in [0.1, 0.15) is 30.0 Å². The van der Waals surface area contributed by atoms with Crippen LogP contribution in [-0.4, -0.2) is 19.6 Å². The Bertz CT molecular complexity index is 322. The molecule has 0 bridgehead atoms. The van der Waals surface area contributed by atoms with Crippen molar-refractivity contribution in [3.8, 4) is 0 Å². The number of aryl methyl sites for hydroxylation is 1. The minimum absolute atomic E-state index is 0.524. The molecule has 2 rings (SSSR count). The lowest BCUT2D eigenvalue weighted by Crippen LogP contribution is -2.40. The Morgan fingerprint density at radius 2 is 2.27 bits per heavy atom. The Labute approximate surface area is 92.1 Å². The molecule has 1 aromatic carbocycles. The molecule has 0 spiro atoms. The molecule has 1 saturated heterocycles. The summed E-state index contributed by atoms with van der Waals surface area (Å²) in [5.41, 5.74) is 2.77. The van der Waals surface area contributed by atoms with Gasteiger partial charge in [0, 0.05) is 12.1 Å². The second-order valence-corrected chi connectivity index (χ2v) is 4.43. The molecule has 0 aromatic heterocycles. The SMILES string of the molecule is CNC1CCNC(c2cccc(C)c2)C1. The van der Waals surface area contributed by atoms with Crippen LogP contribution in [0.5, 0.6) is 0 Å². The lowest BCUT2D eigenvalue weighted by molar-refractivity contribution is 0.337. The largest absolute Gasteiger partial charge is 0.317 e. The summed E-state index contributed by atoms with van der Waals surface area (Å²) in [5, 5.41) is 6.97. The van der Waals surface area contributed by atoms with Crippen LogP contribution in [0.25, 0.3) is 0 Å². The first kappa shape index (κ1) is 10.7. The fourth-order valence-electron chi connectivity index (χ4n) is 2.32. The normalized spacial score (nSPS) is 26.5. The van der Waals surface area contributed by atoms with Crippen molar-refractivity contribution in [3.05, 3.63) is 35.4 Å². The van der Waals surface area contributed by atoms with E-state index in [9.17, 15) is 0 Å². The molecule has 1 aliphatic rings. The van der Waals surface area contributed by atoms with Gasteiger partial charge in [-0.3, -0.25) is 0 Å². The summed E-state index contributed by atoms with van der Waals surface area (Å²) >= 11 is 0. The third kappa shape index (κ3) is 2.58. The Morgan fingerprint density at radius 3 is 3.00 bits per heavy atom. The predicted octanol–water partition coefficient (Wildman–Crippen LogP) is 2.01. The summed E-state index contributed by atoms with van der Waals surface area (Å²) in [4.78, 5) is 0. The molecule has 2 heteroatoms. The van der Waals surface area contributed by atoms with Gasteiger partial charge in [0.25, 0.3) is 0 Å². The van der Waals surface area contributed by atoms with E-state index in [0.717, 1.165) is 6.54 Å². The Morgan fingerprint density at radius 1 is 1.40 bits per heavy atom. The van der Waals surface area contributed by atoms with Crippen molar-refractivity contribution in [2.45, 2.75) is 31.8 Å². The Hall–Kier alpha value is -0.860. The average Bonchev–Trinajstić information content (AvgIpc) is 2.29. The van der Waals surface area contributed by atoms with E-state index in [1.807, 2.05) is 0 Å². The van der Waals surface area contributed by atoms with E-state index in [2.05, 4.69) is 48.9 Å². The van der Waals surface area contributed by atoms with E-state index < -0.39 is 0 Å². The number of hydrogen-bond donors (Lipinski definition) is 2. The van der Waals surface area contributed by atoms with Gasteiger partial charge in [0.2, 0.25) is 0 Å². The molecule has 1 aliphatic heterocycles. The zero-order chi connectivity index (χ0) is 10.7. The van der Waals surface area contributed by atoms with Crippen LogP contribution >= 0.6 is 0 Å². The first-order chi connectivity index (χ1) is 7.29. The lowest BCUT2D eigenvalue weighted by Gasteiger charge is -2.30. The third-order valence-electron chi connectivity index (χ3n) is 3.26. The van der Waals surface area contributed by atoms with E-state index >= 15 is 0 Å². The molecule has 0 radical (unpaired) electrons. The van der Waals surface area contributed by atoms with E-state index in [0.29, 0.717) is 12.1 Å². The van der Waals surface area contributed by atoms with Crippen molar-refractivity contribution in [1.29, 1.82) is 0 Å². The quantitative estimate of drug-likeness (QED) is 0.770. The minimum Gasteiger partial charge on any atom is -0.317 e. The first-order valence-corrected chi connectivity index (χ1v) is 5.77. The van der Waals surface area contributed by atoms with Crippen molar-refractivity contribution in [2.24, 2.45) is 0 Å². The zero-order valence-electron chi connectivity index (χ0n) is 9.59. The van der Waals surface area contributed by atoms with E-state index in [1.165, 1.54) is 24.0 Å². The van der Waals surface area contributed by atoms with Crippen LogP contribution in [0.2, 0.25) is 0 Å². The summed E-state index contributed by atoms with van der Waals surface area (Å²) in [5.74, 6) is 0. The summed E-state index contributed by atoms with van der Waals surface area (Å²) in [6, 6.07) is 10.0. The highest BCUT2D eigenvalue weighted by Gasteiger charge is 2.21. The van der Waals surface area contributed by atoms with Crippen molar-refractivity contribution in [3.63, 3.8) is 0 Å². The summed E-state index contributed by atoms with van der Waals surface area (Å²) in [6.45, 7) is 3.27. The number of nitrogens with one attached hydrogen (secondary N) is 2. The second kappa shape index (κ2) is 4.77.